The molecule has 0 saturated heterocycles. The van der Waals surface area contributed by atoms with E-state index in [0.717, 1.165) is 20.5 Å². The van der Waals surface area contributed by atoms with Crippen LogP contribution in [-0.4, -0.2) is 5.11 Å². The van der Waals surface area contributed by atoms with Crippen molar-refractivity contribution in [1.29, 1.82) is 0 Å². The summed E-state index contributed by atoms with van der Waals surface area (Å²) in [6.07, 6.45) is -0.528. The fourth-order valence-corrected chi connectivity index (χ4v) is 2.69. The molecule has 0 aliphatic heterocycles. The molecule has 1 atom stereocenters. The Bertz CT molecular complexity index is 451. The third kappa shape index (κ3) is 2.14. The summed E-state index contributed by atoms with van der Waals surface area (Å²) in [6, 6.07) is 9.83. The van der Waals surface area contributed by atoms with Crippen LogP contribution in [0.2, 0.25) is 0 Å². The van der Waals surface area contributed by atoms with Gasteiger partial charge in [0.05, 0.1) is 0 Å². The molecule has 1 aromatic carbocycles. The zero-order valence-electron chi connectivity index (χ0n) is 8.27. The van der Waals surface area contributed by atoms with Gasteiger partial charge in [0, 0.05) is 14.9 Å². The lowest BCUT2D eigenvalue weighted by molar-refractivity contribution is 0.223. The molecule has 0 aliphatic carbocycles. The van der Waals surface area contributed by atoms with E-state index in [9.17, 15) is 5.11 Å². The van der Waals surface area contributed by atoms with E-state index >= 15 is 0 Å². The molecule has 0 saturated carbocycles. The van der Waals surface area contributed by atoms with E-state index in [4.69, 9.17) is 0 Å². The highest BCUT2D eigenvalue weighted by Gasteiger charge is 2.14. The van der Waals surface area contributed by atoms with Crippen LogP contribution in [0.15, 0.2) is 40.2 Å². The van der Waals surface area contributed by atoms with Crippen LogP contribution in [0.4, 0.5) is 0 Å². The Kier molecular flexibility index (Phi) is 3.24. The molecule has 0 aliphatic rings. The number of thiophene rings is 1. The van der Waals surface area contributed by atoms with Crippen LogP contribution < -0.4 is 0 Å². The Labute approximate surface area is 102 Å². The maximum absolute atomic E-state index is 10.2. The van der Waals surface area contributed by atoms with Crippen molar-refractivity contribution >= 4 is 27.3 Å². The van der Waals surface area contributed by atoms with Crippen molar-refractivity contribution in [3.8, 4) is 0 Å². The minimum Gasteiger partial charge on any atom is -0.383 e. The maximum atomic E-state index is 10.2. The van der Waals surface area contributed by atoms with Gasteiger partial charge in [0.1, 0.15) is 6.10 Å². The van der Waals surface area contributed by atoms with E-state index in [1.807, 2.05) is 42.6 Å². The van der Waals surface area contributed by atoms with E-state index in [0.29, 0.717) is 0 Å². The van der Waals surface area contributed by atoms with Crippen LogP contribution in [0.5, 0.6) is 0 Å². The van der Waals surface area contributed by atoms with E-state index in [2.05, 4.69) is 15.9 Å². The molecule has 1 nitrogen and oxygen atoms in total. The summed E-state index contributed by atoms with van der Waals surface area (Å²) in [5.41, 5.74) is 2.07. The zero-order chi connectivity index (χ0) is 10.8. The molecule has 0 radical (unpaired) electrons. The second-order valence-electron chi connectivity index (χ2n) is 3.40. The van der Waals surface area contributed by atoms with Crippen molar-refractivity contribution < 1.29 is 5.11 Å². The summed E-state index contributed by atoms with van der Waals surface area (Å²) in [4.78, 5) is 0.973. The molecular formula is C12H11BrOS. The highest BCUT2D eigenvalue weighted by Crippen LogP contribution is 2.32. The molecule has 1 heterocycles. The van der Waals surface area contributed by atoms with Crippen molar-refractivity contribution in [3.63, 3.8) is 0 Å². The average Bonchev–Trinajstić information content (AvgIpc) is 2.74. The van der Waals surface area contributed by atoms with Crippen molar-refractivity contribution in [2.75, 3.05) is 0 Å². The molecule has 0 spiro atoms. The van der Waals surface area contributed by atoms with Gasteiger partial charge in [-0.25, -0.2) is 0 Å². The van der Waals surface area contributed by atoms with E-state index in [-0.39, 0.29) is 0 Å². The Morgan fingerprint density at radius 1 is 1.27 bits per heavy atom. The Balaban J connectivity index is 2.42. The zero-order valence-corrected chi connectivity index (χ0v) is 10.7. The second kappa shape index (κ2) is 4.47. The predicted octanol–water partition coefficient (Wildman–Crippen LogP) is 3.90. The molecular weight excluding hydrogens is 272 g/mol. The molecule has 1 unspecified atom stereocenters. The largest absolute Gasteiger partial charge is 0.383 e. The lowest BCUT2D eigenvalue weighted by Crippen LogP contribution is -1.98. The third-order valence-electron chi connectivity index (χ3n) is 2.33. The van der Waals surface area contributed by atoms with Gasteiger partial charge in [0.25, 0.3) is 0 Å². The lowest BCUT2D eigenvalue weighted by atomic mass is 10.1. The van der Waals surface area contributed by atoms with Crippen LogP contribution in [0, 0.1) is 6.92 Å². The molecule has 1 N–H and O–H groups in total. The summed E-state index contributed by atoms with van der Waals surface area (Å²) in [5, 5.41) is 12.1. The van der Waals surface area contributed by atoms with Crippen LogP contribution >= 0.6 is 27.3 Å². The minimum atomic E-state index is -0.528. The molecule has 1 aromatic heterocycles. The van der Waals surface area contributed by atoms with Crippen molar-refractivity contribution in [2.45, 2.75) is 13.0 Å². The smallest absolute Gasteiger partial charge is 0.114 e. The quantitative estimate of drug-likeness (QED) is 0.886. The first kappa shape index (κ1) is 10.9. The summed E-state index contributed by atoms with van der Waals surface area (Å²) >= 11 is 5.08. The third-order valence-corrected chi connectivity index (χ3v) is 4.34. The van der Waals surface area contributed by atoms with Crippen LogP contribution in [0.3, 0.4) is 0 Å². The first-order valence-corrected chi connectivity index (χ1v) is 6.34. The van der Waals surface area contributed by atoms with E-state index in [1.54, 1.807) is 11.3 Å². The van der Waals surface area contributed by atoms with Gasteiger partial charge in [0.2, 0.25) is 0 Å². The molecule has 2 aromatic rings. The normalized spacial score (nSPS) is 12.7. The first-order chi connectivity index (χ1) is 7.20. The van der Waals surface area contributed by atoms with Crippen molar-refractivity contribution in [2.24, 2.45) is 0 Å². The second-order valence-corrected chi connectivity index (χ2v) is 5.17. The molecule has 0 amide bonds. The monoisotopic (exact) mass is 282 g/mol. The summed E-state index contributed by atoms with van der Waals surface area (Å²) < 4.78 is 0.992. The highest BCUT2D eigenvalue weighted by molar-refractivity contribution is 9.10. The number of aliphatic hydroxyl groups is 1. The van der Waals surface area contributed by atoms with Gasteiger partial charge >= 0.3 is 0 Å². The van der Waals surface area contributed by atoms with Gasteiger partial charge < -0.3 is 5.11 Å². The highest BCUT2D eigenvalue weighted by atomic mass is 79.9. The van der Waals surface area contributed by atoms with Gasteiger partial charge in [-0.05, 0) is 23.9 Å². The number of aliphatic hydroxyl groups excluding tert-OH is 1. The summed E-state index contributed by atoms with van der Waals surface area (Å²) in [5.74, 6) is 0. The van der Waals surface area contributed by atoms with Crippen LogP contribution in [0.1, 0.15) is 22.1 Å². The van der Waals surface area contributed by atoms with Gasteiger partial charge in [-0.3, -0.25) is 0 Å². The lowest BCUT2D eigenvalue weighted by Gasteiger charge is -2.12. The Morgan fingerprint density at radius 2 is 2.07 bits per heavy atom. The fourth-order valence-electron chi connectivity index (χ4n) is 1.48. The number of halogens is 1. The minimum absolute atomic E-state index is 0.528. The number of hydrogen-bond donors (Lipinski definition) is 1. The van der Waals surface area contributed by atoms with Crippen LogP contribution in [-0.2, 0) is 0 Å². The van der Waals surface area contributed by atoms with Gasteiger partial charge in [-0.1, -0.05) is 40.2 Å². The van der Waals surface area contributed by atoms with Crippen molar-refractivity contribution in [3.05, 3.63) is 56.2 Å². The molecule has 78 valence electrons. The Morgan fingerprint density at radius 3 is 2.73 bits per heavy atom. The van der Waals surface area contributed by atoms with E-state index in [1.165, 1.54) is 0 Å². The topological polar surface area (TPSA) is 20.2 Å². The number of rotatable bonds is 2. The maximum Gasteiger partial charge on any atom is 0.114 e. The standard InChI is InChI=1S/C12H11BrOS/c1-8-4-2-5-9(11(8)13)12(14)10-6-3-7-15-10/h2-7,12,14H,1H3. The number of benzene rings is 1. The van der Waals surface area contributed by atoms with E-state index < -0.39 is 6.10 Å². The van der Waals surface area contributed by atoms with Gasteiger partial charge in [-0.2, -0.15) is 0 Å². The predicted molar refractivity (Wildman–Crippen MR) is 67.3 cm³/mol. The molecule has 2 rings (SSSR count). The summed E-state index contributed by atoms with van der Waals surface area (Å²) in [7, 11) is 0. The Hall–Kier alpha value is -0.640. The molecule has 3 heteroatoms. The van der Waals surface area contributed by atoms with Gasteiger partial charge in [0.15, 0.2) is 0 Å². The molecule has 15 heavy (non-hydrogen) atoms. The summed E-state index contributed by atoms with van der Waals surface area (Å²) in [6.45, 7) is 2.02. The average molecular weight is 283 g/mol. The SMILES string of the molecule is Cc1cccc(C(O)c2cccs2)c1Br. The van der Waals surface area contributed by atoms with Crippen LogP contribution in [0.25, 0.3) is 0 Å². The fraction of sp³-hybridized carbons (Fsp3) is 0.167. The van der Waals surface area contributed by atoms with Gasteiger partial charge in [-0.15, -0.1) is 11.3 Å². The molecule has 0 bridgehead atoms. The number of aryl methyl sites for hydroxylation is 1. The number of hydrogen-bond acceptors (Lipinski definition) is 2. The van der Waals surface area contributed by atoms with Crippen molar-refractivity contribution in [1.82, 2.24) is 0 Å². The first-order valence-electron chi connectivity index (χ1n) is 4.66. The molecule has 0 fully saturated rings.